The molecule has 5 rings (SSSR count). The molecule has 5 heteroatoms. The summed E-state index contributed by atoms with van der Waals surface area (Å²) in [6, 6.07) is 26.7. The molecule has 5 nitrogen and oxygen atoms in total. The topological polar surface area (TPSA) is 49.6 Å². The maximum absolute atomic E-state index is 13.5. The predicted molar refractivity (Wildman–Crippen MR) is 118 cm³/mol. The van der Waals surface area contributed by atoms with Crippen LogP contribution in [-0.4, -0.2) is 28.9 Å². The van der Waals surface area contributed by atoms with E-state index in [1.807, 2.05) is 66.7 Å². The zero-order valence-corrected chi connectivity index (χ0v) is 17.3. The highest BCUT2D eigenvalue weighted by molar-refractivity contribution is 5.97. The number of fused-ring (bicyclic) bond motifs is 3. The van der Waals surface area contributed by atoms with Crippen molar-refractivity contribution in [3.8, 4) is 0 Å². The smallest absolute Gasteiger partial charge is 0.328 e. The number of para-hydroxylation sites is 1. The number of rotatable bonds is 5. The van der Waals surface area contributed by atoms with Crippen LogP contribution in [0.4, 0.5) is 5.69 Å². The second-order valence-electron chi connectivity index (χ2n) is 8.07. The minimum atomic E-state index is -0.666. The number of hydrogen-bond donors (Lipinski definition) is 0. The van der Waals surface area contributed by atoms with Gasteiger partial charge in [0.25, 0.3) is 0 Å². The number of nitrogens with zero attached hydrogens (tertiary/aromatic N) is 2. The summed E-state index contributed by atoms with van der Waals surface area (Å²) in [6.45, 7) is 2.35. The molecule has 156 valence electrons. The van der Waals surface area contributed by atoms with E-state index in [-0.39, 0.29) is 30.6 Å². The van der Waals surface area contributed by atoms with Crippen LogP contribution in [0.5, 0.6) is 0 Å². The van der Waals surface area contributed by atoms with Gasteiger partial charge in [0.1, 0.15) is 18.7 Å². The van der Waals surface area contributed by atoms with E-state index in [0.29, 0.717) is 6.54 Å². The van der Waals surface area contributed by atoms with Crippen LogP contribution in [0.3, 0.4) is 0 Å². The molecule has 2 heterocycles. The van der Waals surface area contributed by atoms with E-state index < -0.39 is 6.04 Å². The van der Waals surface area contributed by atoms with Crippen molar-refractivity contribution >= 4 is 17.6 Å². The zero-order valence-electron chi connectivity index (χ0n) is 17.3. The third-order valence-corrected chi connectivity index (χ3v) is 6.13. The van der Waals surface area contributed by atoms with Crippen molar-refractivity contribution in [2.24, 2.45) is 0 Å². The molecule has 0 spiro atoms. The molecule has 3 aromatic carbocycles. The van der Waals surface area contributed by atoms with E-state index >= 15 is 0 Å². The summed E-state index contributed by atoms with van der Waals surface area (Å²) in [5.74, 6) is -0.422. The van der Waals surface area contributed by atoms with E-state index in [1.165, 1.54) is 0 Å². The number of carbonyl (C=O) groups is 2. The van der Waals surface area contributed by atoms with Crippen LogP contribution in [-0.2, 0) is 27.5 Å². The Hall–Kier alpha value is -3.60. The highest BCUT2D eigenvalue weighted by atomic mass is 16.5. The lowest BCUT2D eigenvalue weighted by molar-refractivity contribution is -0.155. The first-order chi connectivity index (χ1) is 15.1. The van der Waals surface area contributed by atoms with Gasteiger partial charge in [0.05, 0.1) is 6.04 Å². The average molecular weight is 412 g/mol. The molecule has 3 atom stereocenters. The molecule has 0 aromatic heterocycles. The summed E-state index contributed by atoms with van der Waals surface area (Å²) >= 11 is 0. The van der Waals surface area contributed by atoms with Gasteiger partial charge in [-0.25, -0.2) is 4.79 Å². The fourth-order valence-corrected chi connectivity index (χ4v) is 4.41. The number of amides is 1. The maximum atomic E-state index is 13.5. The second-order valence-corrected chi connectivity index (χ2v) is 8.07. The van der Waals surface area contributed by atoms with Gasteiger partial charge in [-0.1, -0.05) is 78.9 Å². The van der Waals surface area contributed by atoms with E-state index in [2.05, 4.69) is 23.1 Å². The fourth-order valence-electron chi connectivity index (χ4n) is 4.41. The molecule has 31 heavy (non-hydrogen) atoms. The number of anilines is 1. The van der Waals surface area contributed by atoms with E-state index in [9.17, 15) is 9.59 Å². The zero-order chi connectivity index (χ0) is 21.4. The van der Waals surface area contributed by atoms with Gasteiger partial charge in [0.2, 0.25) is 5.91 Å². The van der Waals surface area contributed by atoms with Crippen LogP contribution in [0.15, 0.2) is 84.9 Å². The monoisotopic (exact) mass is 412 g/mol. The molecular formula is C26H24N2O3. The van der Waals surface area contributed by atoms with E-state index in [1.54, 1.807) is 11.8 Å². The Balaban J connectivity index is 1.40. The van der Waals surface area contributed by atoms with Crippen LogP contribution >= 0.6 is 0 Å². The maximum Gasteiger partial charge on any atom is 0.328 e. The standard InChI is InChI=1S/C26H24N2O3/c1-18(26(30)31-17-19-10-4-2-5-11-19)27-16-21-14-8-9-15-22(21)28-23(24(28)25(27)29)20-12-6-3-7-13-20/h2-15,18,23-24H,16-17H2,1H3/t18-,23+,24-,28?/m0/s1. The summed E-state index contributed by atoms with van der Waals surface area (Å²) in [5.41, 5.74) is 4.13. The average Bonchev–Trinajstić information content (AvgIpc) is 3.58. The van der Waals surface area contributed by atoms with Crippen LogP contribution in [0, 0.1) is 0 Å². The van der Waals surface area contributed by atoms with E-state index in [4.69, 9.17) is 4.74 Å². The third kappa shape index (κ3) is 3.56. The molecule has 0 unspecified atom stereocenters. The van der Waals surface area contributed by atoms with Gasteiger partial charge in [-0.15, -0.1) is 0 Å². The molecule has 0 aliphatic carbocycles. The normalized spacial score (nSPS) is 20.4. The number of carbonyl (C=O) groups excluding carboxylic acids is 2. The Kier molecular flexibility index (Phi) is 4.94. The number of benzene rings is 3. The van der Waals surface area contributed by atoms with Gasteiger partial charge in [-0.05, 0) is 29.7 Å². The molecule has 1 amide bonds. The van der Waals surface area contributed by atoms with Crippen LogP contribution in [0.2, 0.25) is 0 Å². The molecule has 0 radical (unpaired) electrons. The van der Waals surface area contributed by atoms with Crippen LogP contribution in [0.1, 0.15) is 29.7 Å². The molecule has 0 N–H and O–H groups in total. The van der Waals surface area contributed by atoms with Gasteiger partial charge in [0, 0.05) is 12.2 Å². The van der Waals surface area contributed by atoms with Crippen molar-refractivity contribution in [1.82, 2.24) is 4.90 Å². The Morgan fingerprint density at radius 3 is 2.32 bits per heavy atom. The van der Waals surface area contributed by atoms with Crippen molar-refractivity contribution in [2.75, 3.05) is 4.90 Å². The van der Waals surface area contributed by atoms with Crippen molar-refractivity contribution in [3.05, 3.63) is 102 Å². The lowest BCUT2D eigenvalue weighted by Gasteiger charge is -2.27. The Morgan fingerprint density at radius 1 is 0.935 bits per heavy atom. The van der Waals surface area contributed by atoms with Crippen molar-refractivity contribution < 1.29 is 14.3 Å². The summed E-state index contributed by atoms with van der Waals surface area (Å²) < 4.78 is 5.53. The fraction of sp³-hybridized carbons (Fsp3) is 0.231. The largest absolute Gasteiger partial charge is 0.459 e. The van der Waals surface area contributed by atoms with Gasteiger partial charge in [0.15, 0.2) is 0 Å². The number of hydrogen-bond acceptors (Lipinski definition) is 4. The lowest BCUT2D eigenvalue weighted by Crippen LogP contribution is -2.45. The summed E-state index contributed by atoms with van der Waals surface area (Å²) in [6.07, 6.45) is 0. The van der Waals surface area contributed by atoms with Gasteiger partial charge >= 0.3 is 5.97 Å². The number of ether oxygens (including phenoxy) is 1. The van der Waals surface area contributed by atoms with Crippen LogP contribution in [0.25, 0.3) is 0 Å². The first-order valence-electron chi connectivity index (χ1n) is 10.6. The van der Waals surface area contributed by atoms with Gasteiger partial charge in [-0.3, -0.25) is 4.79 Å². The molecular weight excluding hydrogens is 388 g/mol. The lowest BCUT2D eigenvalue weighted by atomic mass is 10.1. The molecule has 2 aliphatic heterocycles. The first kappa shape index (κ1) is 19.4. The Labute approximate surface area is 181 Å². The molecule has 3 aromatic rings. The van der Waals surface area contributed by atoms with Gasteiger partial charge < -0.3 is 14.5 Å². The summed E-state index contributed by atoms with van der Waals surface area (Å²) in [7, 11) is 0. The van der Waals surface area contributed by atoms with Crippen molar-refractivity contribution in [3.63, 3.8) is 0 Å². The van der Waals surface area contributed by atoms with Crippen molar-refractivity contribution in [2.45, 2.75) is 38.2 Å². The number of esters is 1. The SMILES string of the molecule is C[C@@H](C(=O)OCc1ccccc1)N1Cc2ccccc2N2[C@H](C1=O)[C@H]2c1ccccc1. The van der Waals surface area contributed by atoms with Crippen LogP contribution < -0.4 is 4.90 Å². The first-order valence-corrected chi connectivity index (χ1v) is 10.6. The predicted octanol–water partition coefficient (Wildman–Crippen LogP) is 4.09. The quantitative estimate of drug-likeness (QED) is 0.468. The van der Waals surface area contributed by atoms with E-state index in [0.717, 1.165) is 22.4 Å². The highest BCUT2D eigenvalue weighted by Crippen LogP contribution is 2.51. The summed E-state index contributed by atoms with van der Waals surface area (Å²) in [4.78, 5) is 30.2. The molecule has 1 saturated heterocycles. The molecule has 0 saturated carbocycles. The molecule has 2 aliphatic rings. The minimum absolute atomic E-state index is 0.00908. The Bertz CT molecular complexity index is 1100. The highest BCUT2D eigenvalue weighted by Gasteiger charge is 2.57. The Morgan fingerprint density at radius 2 is 1.58 bits per heavy atom. The third-order valence-electron chi connectivity index (χ3n) is 6.13. The van der Waals surface area contributed by atoms with Gasteiger partial charge in [-0.2, -0.15) is 0 Å². The molecule has 1 fully saturated rings. The minimum Gasteiger partial charge on any atom is -0.459 e. The van der Waals surface area contributed by atoms with Crippen molar-refractivity contribution in [1.29, 1.82) is 0 Å². The second kappa shape index (κ2) is 7.91. The summed E-state index contributed by atoms with van der Waals surface area (Å²) in [5, 5.41) is 0. The molecule has 0 bridgehead atoms.